The molecule has 92 valence electrons. The number of benzene rings is 1. The summed E-state index contributed by atoms with van der Waals surface area (Å²) in [7, 11) is 1.41. The molecule has 0 heterocycles. The molecule has 2 atom stereocenters. The second-order valence-electron chi connectivity index (χ2n) is 3.92. The van der Waals surface area contributed by atoms with Crippen LogP contribution in [0.3, 0.4) is 0 Å². The van der Waals surface area contributed by atoms with Crippen molar-refractivity contribution in [3.63, 3.8) is 0 Å². The minimum Gasteiger partial charge on any atom is -0.469 e. The number of carbonyl (C=O) groups excluding carboxylic acids is 1. The summed E-state index contributed by atoms with van der Waals surface area (Å²) >= 11 is 0. The molecule has 0 aliphatic rings. The molecule has 0 amide bonds. The zero-order valence-corrected chi connectivity index (χ0v) is 10.3. The maximum atomic E-state index is 11.7. The molecular weight excluding hydrogens is 214 g/mol. The summed E-state index contributed by atoms with van der Waals surface area (Å²) in [6, 6.07) is 9.80. The number of carbonyl (C=O) groups is 1. The van der Waals surface area contributed by atoms with E-state index in [0.29, 0.717) is 6.54 Å². The lowest BCUT2D eigenvalue weighted by Crippen LogP contribution is -2.32. The quantitative estimate of drug-likeness (QED) is 0.604. The van der Waals surface area contributed by atoms with Gasteiger partial charge in [-0.1, -0.05) is 36.4 Å². The molecule has 1 N–H and O–H groups in total. The molecule has 1 rings (SSSR count). The minimum atomic E-state index is -0.274. The Labute approximate surface area is 102 Å². The molecule has 0 aliphatic heterocycles. The number of rotatable bonds is 6. The molecule has 0 saturated heterocycles. The van der Waals surface area contributed by atoms with Crippen LogP contribution in [0.4, 0.5) is 0 Å². The molecule has 1 aromatic rings. The Morgan fingerprint density at radius 3 is 2.65 bits per heavy atom. The van der Waals surface area contributed by atoms with Gasteiger partial charge in [0.2, 0.25) is 0 Å². The molecule has 2 unspecified atom stereocenters. The molecule has 17 heavy (non-hydrogen) atoms. The predicted octanol–water partition coefficient (Wildman–Crippen LogP) is 2.11. The zero-order valence-electron chi connectivity index (χ0n) is 10.3. The maximum absolute atomic E-state index is 11.7. The lowest BCUT2D eigenvalue weighted by molar-refractivity contribution is -0.142. The van der Waals surface area contributed by atoms with Gasteiger partial charge in [0.05, 0.1) is 13.0 Å². The van der Waals surface area contributed by atoms with Crippen molar-refractivity contribution in [2.45, 2.75) is 18.9 Å². The zero-order chi connectivity index (χ0) is 12.7. The third-order valence-corrected chi connectivity index (χ3v) is 2.69. The molecule has 0 aromatic heterocycles. The molecule has 3 nitrogen and oxygen atoms in total. The lowest BCUT2D eigenvalue weighted by Gasteiger charge is -2.17. The van der Waals surface area contributed by atoms with Crippen LogP contribution < -0.4 is 5.32 Å². The normalized spacial score (nSPS) is 13.8. The Kier molecular flexibility index (Phi) is 5.43. The molecule has 0 radical (unpaired) electrons. The van der Waals surface area contributed by atoms with Gasteiger partial charge in [0.1, 0.15) is 0 Å². The van der Waals surface area contributed by atoms with Crippen molar-refractivity contribution < 1.29 is 9.53 Å². The van der Waals surface area contributed by atoms with Crippen LogP contribution in [0.2, 0.25) is 0 Å². The second-order valence-corrected chi connectivity index (χ2v) is 3.92. The molecule has 1 aromatic carbocycles. The first-order valence-corrected chi connectivity index (χ1v) is 5.67. The van der Waals surface area contributed by atoms with E-state index in [4.69, 9.17) is 4.74 Å². The molecular formula is C14H19NO2. The number of methoxy groups -OCH3 is 1. The van der Waals surface area contributed by atoms with E-state index in [1.807, 2.05) is 37.3 Å². The summed E-state index contributed by atoms with van der Waals surface area (Å²) in [5.41, 5.74) is 0.961. The van der Waals surface area contributed by atoms with Crippen molar-refractivity contribution in [1.29, 1.82) is 0 Å². The first kappa shape index (κ1) is 13.5. The van der Waals surface area contributed by atoms with E-state index in [1.165, 1.54) is 7.11 Å². The monoisotopic (exact) mass is 233 g/mol. The van der Waals surface area contributed by atoms with E-state index in [0.717, 1.165) is 5.56 Å². The van der Waals surface area contributed by atoms with Crippen LogP contribution in [-0.4, -0.2) is 25.7 Å². The number of ether oxygens (including phenoxy) is 1. The Morgan fingerprint density at radius 1 is 1.47 bits per heavy atom. The molecule has 0 bridgehead atoms. The summed E-state index contributed by atoms with van der Waals surface area (Å²) in [5.74, 6) is -0.497. The van der Waals surface area contributed by atoms with E-state index < -0.39 is 0 Å². The van der Waals surface area contributed by atoms with Crippen LogP contribution in [-0.2, 0) is 9.53 Å². The van der Waals surface area contributed by atoms with Crippen LogP contribution in [0.15, 0.2) is 43.0 Å². The Bertz CT molecular complexity index is 362. The highest BCUT2D eigenvalue weighted by atomic mass is 16.5. The van der Waals surface area contributed by atoms with Gasteiger partial charge in [-0.05, 0) is 12.5 Å². The van der Waals surface area contributed by atoms with Gasteiger partial charge in [0.15, 0.2) is 0 Å². The number of esters is 1. The summed E-state index contributed by atoms with van der Waals surface area (Å²) in [5, 5.41) is 3.23. The van der Waals surface area contributed by atoms with Gasteiger partial charge in [0, 0.05) is 12.6 Å². The van der Waals surface area contributed by atoms with Crippen LogP contribution in [0.5, 0.6) is 0 Å². The van der Waals surface area contributed by atoms with E-state index >= 15 is 0 Å². The van der Waals surface area contributed by atoms with Crippen molar-refractivity contribution in [3.8, 4) is 0 Å². The average molecular weight is 233 g/mol. The fourth-order valence-electron chi connectivity index (χ4n) is 1.55. The molecule has 3 heteroatoms. The maximum Gasteiger partial charge on any atom is 0.314 e. The Morgan fingerprint density at radius 2 is 2.12 bits per heavy atom. The lowest BCUT2D eigenvalue weighted by atomic mass is 9.99. The van der Waals surface area contributed by atoms with Crippen LogP contribution in [0.1, 0.15) is 18.4 Å². The third-order valence-electron chi connectivity index (χ3n) is 2.69. The van der Waals surface area contributed by atoms with Gasteiger partial charge in [-0.25, -0.2) is 0 Å². The van der Waals surface area contributed by atoms with Crippen molar-refractivity contribution in [2.75, 3.05) is 13.7 Å². The molecule has 0 aliphatic carbocycles. The minimum absolute atomic E-state index is 0.172. The first-order valence-electron chi connectivity index (χ1n) is 5.67. The largest absolute Gasteiger partial charge is 0.469 e. The third kappa shape index (κ3) is 4.04. The second kappa shape index (κ2) is 6.86. The Balaban J connectivity index is 2.75. The van der Waals surface area contributed by atoms with Crippen molar-refractivity contribution in [2.24, 2.45) is 0 Å². The van der Waals surface area contributed by atoms with Gasteiger partial charge < -0.3 is 10.1 Å². The van der Waals surface area contributed by atoms with Gasteiger partial charge in [-0.15, -0.1) is 6.58 Å². The summed E-state index contributed by atoms with van der Waals surface area (Å²) in [6.07, 6.45) is 1.80. The number of hydrogen-bond donors (Lipinski definition) is 1. The van der Waals surface area contributed by atoms with Gasteiger partial charge >= 0.3 is 5.97 Å². The Hall–Kier alpha value is -1.61. The van der Waals surface area contributed by atoms with Gasteiger partial charge in [-0.3, -0.25) is 4.79 Å². The topological polar surface area (TPSA) is 38.3 Å². The fraction of sp³-hybridized carbons (Fsp3) is 0.357. The highest BCUT2D eigenvalue weighted by Gasteiger charge is 2.21. The van der Waals surface area contributed by atoms with Crippen molar-refractivity contribution in [3.05, 3.63) is 48.6 Å². The van der Waals surface area contributed by atoms with Gasteiger partial charge in [-0.2, -0.15) is 0 Å². The smallest absolute Gasteiger partial charge is 0.314 e. The van der Waals surface area contributed by atoms with E-state index in [9.17, 15) is 4.79 Å². The highest BCUT2D eigenvalue weighted by Crippen LogP contribution is 2.16. The predicted molar refractivity (Wildman–Crippen MR) is 68.9 cm³/mol. The van der Waals surface area contributed by atoms with E-state index in [-0.39, 0.29) is 17.9 Å². The van der Waals surface area contributed by atoms with Crippen molar-refractivity contribution in [1.82, 2.24) is 5.32 Å². The van der Waals surface area contributed by atoms with Gasteiger partial charge in [0.25, 0.3) is 0 Å². The van der Waals surface area contributed by atoms with Crippen LogP contribution in [0.25, 0.3) is 0 Å². The summed E-state index contributed by atoms with van der Waals surface area (Å²) in [6.45, 7) is 6.24. The standard InChI is InChI=1S/C14H19NO2/c1-4-11(2)15-10-13(14(16)17-3)12-8-6-5-7-9-12/h4-9,11,13,15H,1,10H2,2-3H3. The van der Waals surface area contributed by atoms with Crippen LogP contribution in [0, 0.1) is 0 Å². The highest BCUT2D eigenvalue weighted by molar-refractivity contribution is 5.78. The summed E-state index contributed by atoms with van der Waals surface area (Å²) in [4.78, 5) is 11.7. The number of hydrogen-bond acceptors (Lipinski definition) is 3. The molecule has 0 fully saturated rings. The number of nitrogens with one attached hydrogen (secondary N) is 1. The van der Waals surface area contributed by atoms with E-state index in [2.05, 4.69) is 11.9 Å². The first-order chi connectivity index (χ1) is 8.19. The summed E-state index contributed by atoms with van der Waals surface area (Å²) < 4.78 is 4.83. The molecule has 0 spiro atoms. The molecule has 0 saturated carbocycles. The van der Waals surface area contributed by atoms with Crippen molar-refractivity contribution >= 4 is 5.97 Å². The fourth-order valence-corrected chi connectivity index (χ4v) is 1.55. The van der Waals surface area contributed by atoms with E-state index in [1.54, 1.807) is 6.08 Å². The SMILES string of the molecule is C=CC(C)NCC(C(=O)OC)c1ccccc1. The average Bonchev–Trinajstić information content (AvgIpc) is 2.39. The van der Waals surface area contributed by atoms with Crippen LogP contribution >= 0.6 is 0 Å².